The zero-order valence-corrected chi connectivity index (χ0v) is 19.9. The van der Waals surface area contributed by atoms with Crippen LogP contribution < -0.4 is 10.5 Å². The van der Waals surface area contributed by atoms with Crippen LogP contribution >= 0.6 is 39.3 Å². The minimum absolute atomic E-state index is 0.0541. The molecule has 3 aromatic rings. The highest BCUT2D eigenvalue weighted by Gasteiger charge is 2.23. The number of sulfonamides is 1. The lowest BCUT2D eigenvalue weighted by atomic mass is 10.1. The lowest BCUT2D eigenvalue weighted by Gasteiger charge is -2.10. The number of nitrogens with two attached hydrogens (primary N) is 1. The molecular formula is C19H17BrClN5O3S2. The lowest BCUT2D eigenvalue weighted by molar-refractivity contribution is -0.113. The molecule has 0 atom stereocenters. The number of hydrogen-bond acceptors (Lipinski definition) is 6. The van der Waals surface area contributed by atoms with Crippen LogP contribution in [-0.4, -0.2) is 34.8 Å². The summed E-state index contributed by atoms with van der Waals surface area (Å²) in [6.45, 7) is 0. The number of rotatable bonds is 7. The van der Waals surface area contributed by atoms with Crippen molar-refractivity contribution in [2.24, 2.45) is 5.14 Å². The van der Waals surface area contributed by atoms with Gasteiger partial charge in [-0.3, -0.25) is 9.36 Å². The minimum atomic E-state index is -3.87. The van der Waals surface area contributed by atoms with Gasteiger partial charge >= 0.3 is 0 Å². The predicted octanol–water partition coefficient (Wildman–Crippen LogP) is 3.94. The molecule has 0 spiro atoms. The molecular weight excluding hydrogens is 526 g/mol. The van der Waals surface area contributed by atoms with E-state index in [9.17, 15) is 13.2 Å². The number of benzene rings is 2. The first-order chi connectivity index (χ1) is 14.7. The van der Waals surface area contributed by atoms with Gasteiger partial charge in [-0.15, -0.1) is 10.2 Å². The zero-order chi connectivity index (χ0) is 22.2. The summed E-state index contributed by atoms with van der Waals surface area (Å²) in [6.07, 6.45) is 2.47. The number of carbonyl (C=O) groups is 1. The number of nitrogens with zero attached hydrogens (tertiary/aromatic N) is 3. The molecule has 0 bridgehead atoms. The molecule has 2 aromatic carbocycles. The number of anilines is 1. The van der Waals surface area contributed by atoms with Gasteiger partial charge in [0.15, 0.2) is 5.16 Å². The molecule has 1 amide bonds. The van der Waals surface area contributed by atoms with Crippen LogP contribution in [0.5, 0.6) is 0 Å². The van der Waals surface area contributed by atoms with Crippen LogP contribution in [0.1, 0.15) is 24.3 Å². The molecule has 4 rings (SSSR count). The topological polar surface area (TPSA) is 120 Å². The summed E-state index contributed by atoms with van der Waals surface area (Å²) in [6, 6.07) is 12.1. The summed E-state index contributed by atoms with van der Waals surface area (Å²) in [7, 11) is -3.87. The largest absolute Gasteiger partial charge is 0.324 e. The molecule has 0 saturated heterocycles. The van der Waals surface area contributed by atoms with Crippen molar-refractivity contribution in [1.82, 2.24) is 14.8 Å². The van der Waals surface area contributed by atoms with Gasteiger partial charge in [-0.25, -0.2) is 13.6 Å². The van der Waals surface area contributed by atoms with Crippen molar-refractivity contribution < 1.29 is 13.2 Å². The Morgan fingerprint density at radius 2 is 1.94 bits per heavy atom. The molecule has 1 aliphatic rings. The van der Waals surface area contributed by atoms with Gasteiger partial charge < -0.3 is 5.32 Å². The Labute approximate surface area is 196 Å². The summed E-state index contributed by atoms with van der Waals surface area (Å²) in [5.41, 5.74) is 2.51. The smallest absolute Gasteiger partial charge is 0.238 e. The first kappa shape index (κ1) is 22.3. The van der Waals surface area contributed by atoms with Gasteiger partial charge in [-0.1, -0.05) is 35.5 Å². The Morgan fingerprint density at radius 1 is 1.23 bits per heavy atom. The van der Waals surface area contributed by atoms with Gasteiger partial charge in [-0.05, 0) is 70.6 Å². The van der Waals surface area contributed by atoms with Crippen LogP contribution in [-0.2, 0) is 14.8 Å². The van der Waals surface area contributed by atoms with E-state index in [2.05, 4.69) is 43.6 Å². The molecule has 31 heavy (non-hydrogen) atoms. The summed E-state index contributed by atoms with van der Waals surface area (Å²) < 4.78 is 25.1. The molecule has 0 radical (unpaired) electrons. The maximum Gasteiger partial charge on any atom is 0.238 e. The Bertz CT molecular complexity index is 1240. The summed E-state index contributed by atoms with van der Waals surface area (Å²) in [5, 5.41) is 16.6. The second-order valence-electron chi connectivity index (χ2n) is 6.98. The quantitative estimate of drug-likeness (QED) is 0.436. The standard InChI is InChI=1S/C19H17BrClN5O3S2/c20-18-24-25-19(26(18)13-5-3-12(4-6-13)11-1-2-11)30-10-17(27)23-16-8-7-14(9-15(16)21)31(22,28)29/h3-9,11H,1-2,10H2,(H,23,27)(H2,22,28,29). The SMILES string of the molecule is NS(=O)(=O)c1ccc(NC(=O)CSc2nnc(Br)n2-c2ccc(C3CC3)cc2)c(Cl)c1. The molecule has 1 heterocycles. The first-order valence-corrected chi connectivity index (χ1v) is 12.9. The van der Waals surface area contributed by atoms with Crippen LogP contribution in [0, 0.1) is 0 Å². The molecule has 12 heteroatoms. The summed E-state index contributed by atoms with van der Waals surface area (Å²) in [4.78, 5) is 12.3. The maximum absolute atomic E-state index is 12.4. The monoisotopic (exact) mass is 541 g/mol. The van der Waals surface area contributed by atoms with Crippen LogP contribution in [0.2, 0.25) is 5.02 Å². The maximum atomic E-state index is 12.4. The van der Waals surface area contributed by atoms with Crippen molar-refractivity contribution in [1.29, 1.82) is 0 Å². The number of carbonyl (C=O) groups excluding carboxylic acids is 1. The highest BCUT2D eigenvalue weighted by Crippen LogP contribution is 2.40. The number of thioether (sulfide) groups is 1. The number of amides is 1. The van der Waals surface area contributed by atoms with Gasteiger partial charge in [0.05, 0.1) is 27.0 Å². The van der Waals surface area contributed by atoms with Gasteiger partial charge in [0.2, 0.25) is 20.7 Å². The van der Waals surface area contributed by atoms with E-state index in [0.717, 1.165) is 5.69 Å². The highest BCUT2D eigenvalue weighted by molar-refractivity contribution is 9.10. The van der Waals surface area contributed by atoms with E-state index >= 15 is 0 Å². The van der Waals surface area contributed by atoms with Crippen LogP contribution in [0.4, 0.5) is 5.69 Å². The second kappa shape index (κ2) is 8.91. The van der Waals surface area contributed by atoms with E-state index in [1.165, 1.54) is 48.4 Å². The van der Waals surface area contributed by atoms with E-state index in [1.54, 1.807) is 0 Å². The Kier molecular flexibility index (Phi) is 6.40. The van der Waals surface area contributed by atoms with Gasteiger partial charge in [-0.2, -0.15) is 0 Å². The van der Waals surface area contributed by atoms with Gasteiger partial charge in [0, 0.05) is 0 Å². The Morgan fingerprint density at radius 3 is 2.55 bits per heavy atom. The average Bonchev–Trinajstić information content (AvgIpc) is 3.50. The molecule has 162 valence electrons. The third-order valence-electron chi connectivity index (χ3n) is 4.67. The van der Waals surface area contributed by atoms with Crippen molar-refractivity contribution in [3.63, 3.8) is 0 Å². The van der Waals surface area contributed by atoms with Crippen LogP contribution in [0.25, 0.3) is 5.69 Å². The molecule has 1 saturated carbocycles. The first-order valence-electron chi connectivity index (χ1n) is 9.18. The molecule has 1 aliphatic carbocycles. The lowest BCUT2D eigenvalue weighted by Crippen LogP contribution is -2.16. The fourth-order valence-corrected chi connectivity index (χ4v) is 5.12. The molecule has 8 nitrogen and oxygen atoms in total. The predicted molar refractivity (Wildman–Crippen MR) is 123 cm³/mol. The Balaban J connectivity index is 1.43. The fraction of sp³-hybridized carbons (Fsp3) is 0.211. The minimum Gasteiger partial charge on any atom is -0.324 e. The van der Waals surface area contributed by atoms with E-state index in [1.807, 2.05) is 16.7 Å². The van der Waals surface area contributed by atoms with Crippen molar-refractivity contribution in [3.05, 3.63) is 57.8 Å². The molecule has 0 aliphatic heterocycles. The van der Waals surface area contributed by atoms with Crippen LogP contribution in [0.15, 0.2) is 57.3 Å². The van der Waals surface area contributed by atoms with Crippen molar-refractivity contribution in [2.75, 3.05) is 11.1 Å². The molecule has 1 fully saturated rings. The number of aromatic nitrogens is 3. The fourth-order valence-electron chi connectivity index (χ4n) is 2.97. The molecule has 0 unspecified atom stereocenters. The third kappa shape index (κ3) is 5.29. The van der Waals surface area contributed by atoms with E-state index < -0.39 is 10.0 Å². The molecule has 3 N–H and O–H groups in total. The number of primary sulfonamides is 1. The van der Waals surface area contributed by atoms with E-state index in [-0.39, 0.29) is 27.3 Å². The van der Waals surface area contributed by atoms with Crippen LogP contribution in [0.3, 0.4) is 0 Å². The van der Waals surface area contributed by atoms with E-state index in [4.69, 9.17) is 16.7 Å². The third-order valence-corrected chi connectivity index (χ3v) is 7.34. The van der Waals surface area contributed by atoms with Crippen molar-refractivity contribution in [3.8, 4) is 5.69 Å². The summed E-state index contributed by atoms with van der Waals surface area (Å²) >= 11 is 10.7. The van der Waals surface area contributed by atoms with Gasteiger partial charge in [0.25, 0.3) is 0 Å². The number of hydrogen-bond donors (Lipinski definition) is 2. The van der Waals surface area contributed by atoms with Crippen molar-refractivity contribution >= 4 is 60.9 Å². The average molecular weight is 543 g/mol. The van der Waals surface area contributed by atoms with E-state index in [0.29, 0.717) is 15.8 Å². The number of nitrogens with one attached hydrogen (secondary N) is 1. The normalized spacial score (nSPS) is 13.9. The Hall–Kier alpha value is -1.92. The second-order valence-corrected chi connectivity index (χ2v) is 10.6. The number of halogens is 2. The van der Waals surface area contributed by atoms with Gasteiger partial charge in [0.1, 0.15) is 0 Å². The summed E-state index contributed by atoms with van der Waals surface area (Å²) in [5.74, 6) is 0.394. The zero-order valence-electron chi connectivity index (χ0n) is 16.0. The molecule has 1 aromatic heterocycles. The van der Waals surface area contributed by atoms with Crippen molar-refractivity contribution in [2.45, 2.75) is 28.8 Å². The highest BCUT2D eigenvalue weighted by atomic mass is 79.9.